The van der Waals surface area contributed by atoms with Crippen molar-refractivity contribution in [2.75, 3.05) is 26.8 Å². The van der Waals surface area contributed by atoms with Gasteiger partial charge >= 0.3 is 5.97 Å². The summed E-state index contributed by atoms with van der Waals surface area (Å²) in [4.78, 5) is 12.0. The van der Waals surface area contributed by atoms with Crippen molar-refractivity contribution in [3.8, 4) is 5.75 Å². The molecule has 1 fully saturated rings. The minimum absolute atomic E-state index is 0.0392. The molecule has 3 heterocycles. The lowest BCUT2D eigenvalue weighted by Crippen LogP contribution is -2.29. The maximum Gasteiger partial charge on any atom is 0.349 e. The molecule has 138 valence electrons. The number of hydrogen-bond acceptors (Lipinski definition) is 6. The molecule has 4 rings (SSSR count). The smallest absolute Gasteiger partial charge is 0.349 e. The van der Waals surface area contributed by atoms with Crippen LogP contribution in [-0.2, 0) is 21.2 Å². The monoisotopic (exact) mass is 393 g/mol. The standard InChI is InChI=1S/C18H19NO5S2/c1-23-18(20)17-16(6-9-25-17)26(21,22)19-7-4-14(11-19)12-2-3-15-13(10-12)5-8-24-15/h2-3,6,9-10,14H,4-5,7-8,11H2,1H3/t14-/m1/s1. The Morgan fingerprint density at radius 1 is 1.35 bits per heavy atom. The van der Waals surface area contributed by atoms with E-state index in [0.717, 1.165) is 35.5 Å². The van der Waals surface area contributed by atoms with Crippen LogP contribution < -0.4 is 4.74 Å². The fourth-order valence-corrected chi connectivity index (χ4v) is 6.37. The van der Waals surface area contributed by atoms with E-state index in [4.69, 9.17) is 9.47 Å². The van der Waals surface area contributed by atoms with Crippen LogP contribution in [0.1, 0.15) is 33.1 Å². The van der Waals surface area contributed by atoms with E-state index in [1.165, 1.54) is 23.0 Å². The first-order valence-electron chi connectivity index (χ1n) is 8.42. The summed E-state index contributed by atoms with van der Waals surface area (Å²) >= 11 is 1.08. The predicted molar refractivity (Wildman–Crippen MR) is 97.4 cm³/mol. The van der Waals surface area contributed by atoms with Crippen LogP contribution in [0.3, 0.4) is 0 Å². The van der Waals surface area contributed by atoms with Gasteiger partial charge in [-0.25, -0.2) is 13.2 Å². The zero-order valence-corrected chi connectivity index (χ0v) is 15.9. The third kappa shape index (κ3) is 2.91. The van der Waals surface area contributed by atoms with Gasteiger partial charge in [0.2, 0.25) is 10.0 Å². The second-order valence-electron chi connectivity index (χ2n) is 6.42. The summed E-state index contributed by atoms with van der Waals surface area (Å²) in [5, 5.41) is 1.60. The predicted octanol–water partition coefficient (Wildman–Crippen LogP) is 2.65. The topological polar surface area (TPSA) is 72.9 Å². The third-order valence-electron chi connectivity index (χ3n) is 4.95. The summed E-state index contributed by atoms with van der Waals surface area (Å²) in [6, 6.07) is 7.61. The lowest BCUT2D eigenvalue weighted by atomic mass is 9.96. The number of sulfonamides is 1. The van der Waals surface area contributed by atoms with Gasteiger partial charge < -0.3 is 9.47 Å². The lowest BCUT2D eigenvalue weighted by Gasteiger charge is -2.17. The third-order valence-corrected chi connectivity index (χ3v) is 7.88. The van der Waals surface area contributed by atoms with Crippen molar-refractivity contribution in [3.05, 3.63) is 45.6 Å². The molecule has 0 unspecified atom stereocenters. The molecule has 0 N–H and O–H groups in total. The average Bonchev–Trinajstić information content (AvgIpc) is 3.40. The lowest BCUT2D eigenvalue weighted by molar-refractivity contribution is 0.0602. The van der Waals surface area contributed by atoms with Crippen LogP contribution in [0, 0.1) is 0 Å². The number of fused-ring (bicyclic) bond motifs is 1. The summed E-state index contributed by atoms with van der Waals surface area (Å²) in [5.74, 6) is 0.459. The average molecular weight is 393 g/mol. The molecule has 6 nitrogen and oxygen atoms in total. The molecule has 2 aromatic rings. The van der Waals surface area contributed by atoms with Crippen LogP contribution in [0.5, 0.6) is 5.75 Å². The molecule has 1 aromatic carbocycles. The Morgan fingerprint density at radius 3 is 3.00 bits per heavy atom. The molecular weight excluding hydrogens is 374 g/mol. The highest BCUT2D eigenvalue weighted by Gasteiger charge is 2.36. The quantitative estimate of drug-likeness (QED) is 0.747. The molecule has 26 heavy (non-hydrogen) atoms. The van der Waals surface area contributed by atoms with Crippen LogP contribution in [0.2, 0.25) is 0 Å². The number of thiophene rings is 1. The molecule has 2 aliphatic heterocycles. The number of carbonyl (C=O) groups is 1. The Labute approximate surface area is 156 Å². The normalized spacial score (nSPS) is 20.0. The van der Waals surface area contributed by atoms with Gasteiger partial charge in [-0.15, -0.1) is 11.3 Å². The zero-order valence-electron chi connectivity index (χ0n) is 14.3. The number of hydrogen-bond donors (Lipinski definition) is 0. The Bertz CT molecular complexity index is 950. The van der Waals surface area contributed by atoms with Crippen LogP contribution >= 0.6 is 11.3 Å². The summed E-state index contributed by atoms with van der Waals surface area (Å²) in [7, 11) is -2.46. The number of benzene rings is 1. The second kappa shape index (κ2) is 6.68. The van der Waals surface area contributed by atoms with Gasteiger partial charge in [-0.2, -0.15) is 4.31 Å². The van der Waals surface area contributed by atoms with Crippen molar-refractivity contribution in [3.63, 3.8) is 0 Å². The molecule has 0 saturated carbocycles. The Morgan fingerprint density at radius 2 is 2.19 bits per heavy atom. The zero-order chi connectivity index (χ0) is 18.3. The van der Waals surface area contributed by atoms with Crippen LogP contribution in [0.15, 0.2) is 34.5 Å². The van der Waals surface area contributed by atoms with Crippen molar-refractivity contribution in [1.29, 1.82) is 0 Å². The molecule has 2 aliphatic rings. The molecule has 0 spiro atoms. The van der Waals surface area contributed by atoms with Gasteiger partial charge in [-0.05, 0) is 41.0 Å². The first-order chi connectivity index (χ1) is 12.5. The molecule has 1 atom stereocenters. The second-order valence-corrected chi connectivity index (χ2v) is 9.24. The highest BCUT2D eigenvalue weighted by atomic mass is 32.2. The van der Waals surface area contributed by atoms with Crippen LogP contribution in [0.25, 0.3) is 0 Å². The number of nitrogens with zero attached hydrogens (tertiary/aromatic N) is 1. The van der Waals surface area contributed by atoms with Crippen molar-refractivity contribution < 1.29 is 22.7 Å². The largest absolute Gasteiger partial charge is 0.493 e. The number of methoxy groups -OCH3 is 1. The van der Waals surface area contributed by atoms with Gasteiger partial charge in [-0.1, -0.05) is 12.1 Å². The summed E-state index contributed by atoms with van der Waals surface area (Å²) in [6.07, 6.45) is 1.66. The molecule has 1 saturated heterocycles. The number of carbonyl (C=O) groups excluding carboxylic acids is 1. The molecule has 0 aliphatic carbocycles. The fourth-order valence-electron chi connectivity index (χ4n) is 3.56. The fraction of sp³-hybridized carbons (Fsp3) is 0.389. The molecule has 0 amide bonds. The minimum Gasteiger partial charge on any atom is -0.493 e. The highest BCUT2D eigenvalue weighted by Crippen LogP contribution is 2.36. The number of rotatable bonds is 4. The van der Waals surface area contributed by atoms with E-state index >= 15 is 0 Å². The Balaban J connectivity index is 1.57. The molecule has 8 heteroatoms. The number of esters is 1. The van der Waals surface area contributed by atoms with Crippen molar-refractivity contribution in [1.82, 2.24) is 4.31 Å². The van der Waals surface area contributed by atoms with Gasteiger partial charge in [0.05, 0.1) is 13.7 Å². The molecular formula is C18H19NO5S2. The van der Waals surface area contributed by atoms with Crippen molar-refractivity contribution in [2.24, 2.45) is 0 Å². The van der Waals surface area contributed by atoms with E-state index in [1.807, 2.05) is 12.1 Å². The van der Waals surface area contributed by atoms with Crippen LogP contribution in [-0.4, -0.2) is 45.5 Å². The van der Waals surface area contributed by atoms with Gasteiger partial charge in [0.25, 0.3) is 0 Å². The maximum absolute atomic E-state index is 13.0. The minimum atomic E-state index is -3.72. The van der Waals surface area contributed by atoms with Gasteiger partial charge in [0, 0.05) is 19.5 Å². The van der Waals surface area contributed by atoms with Crippen molar-refractivity contribution in [2.45, 2.75) is 23.7 Å². The SMILES string of the molecule is COC(=O)c1sccc1S(=O)(=O)N1CC[C@@H](c2ccc3c(c2)CCO3)C1. The first kappa shape index (κ1) is 17.5. The van der Waals surface area contributed by atoms with E-state index in [2.05, 4.69) is 6.07 Å². The van der Waals surface area contributed by atoms with Crippen LogP contribution in [0.4, 0.5) is 0 Å². The number of ether oxygens (including phenoxy) is 2. The summed E-state index contributed by atoms with van der Waals surface area (Å²) < 4.78 is 37.7. The first-order valence-corrected chi connectivity index (χ1v) is 10.7. The van der Waals surface area contributed by atoms with E-state index in [1.54, 1.807) is 5.38 Å². The molecule has 0 radical (unpaired) electrons. The van der Waals surface area contributed by atoms with E-state index in [9.17, 15) is 13.2 Å². The molecule has 0 bridgehead atoms. The van der Waals surface area contributed by atoms with Gasteiger partial charge in [0.1, 0.15) is 15.5 Å². The van der Waals surface area contributed by atoms with Gasteiger partial charge in [0.15, 0.2) is 0 Å². The Hall–Kier alpha value is -1.90. The Kier molecular flexibility index (Phi) is 4.50. The van der Waals surface area contributed by atoms with E-state index in [-0.39, 0.29) is 15.7 Å². The van der Waals surface area contributed by atoms with E-state index < -0.39 is 16.0 Å². The van der Waals surface area contributed by atoms with Gasteiger partial charge in [-0.3, -0.25) is 0 Å². The summed E-state index contributed by atoms with van der Waals surface area (Å²) in [5.41, 5.74) is 2.33. The summed E-state index contributed by atoms with van der Waals surface area (Å²) in [6.45, 7) is 1.56. The van der Waals surface area contributed by atoms with Crippen molar-refractivity contribution >= 4 is 27.3 Å². The highest BCUT2D eigenvalue weighted by molar-refractivity contribution is 7.89. The van der Waals surface area contributed by atoms with E-state index in [0.29, 0.717) is 19.7 Å². The molecule has 1 aromatic heterocycles. The maximum atomic E-state index is 13.0.